The topological polar surface area (TPSA) is 15.3 Å². The number of likely N-dealkylation sites (N-methyl/N-ethyl adjacent to an activating group) is 1. The van der Waals surface area contributed by atoms with E-state index in [0.29, 0.717) is 0 Å². The van der Waals surface area contributed by atoms with Gasteiger partial charge in [0.15, 0.2) is 0 Å². The van der Waals surface area contributed by atoms with Crippen LogP contribution in [-0.2, 0) is 0 Å². The molecule has 0 aromatic heterocycles. The lowest BCUT2D eigenvalue weighted by Crippen LogP contribution is -2.57. The van der Waals surface area contributed by atoms with E-state index in [1.807, 2.05) is 6.08 Å². The van der Waals surface area contributed by atoms with Crippen LogP contribution in [0.25, 0.3) is 0 Å². The highest BCUT2D eigenvalue weighted by Gasteiger charge is 2.22. The third-order valence-electron chi connectivity index (χ3n) is 2.54. The SMILES string of the molecule is C=CCCCN(CC)C1CNC1. The summed E-state index contributed by atoms with van der Waals surface area (Å²) in [5, 5.41) is 3.30. The third kappa shape index (κ3) is 2.61. The van der Waals surface area contributed by atoms with Crippen molar-refractivity contribution < 1.29 is 0 Å². The molecule has 70 valence electrons. The molecule has 0 radical (unpaired) electrons. The second kappa shape index (κ2) is 5.33. The largest absolute Gasteiger partial charge is 0.314 e. The zero-order valence-electron chi connectivity index (χ0n) is 8.05. The smallest absolute Gasteiger partial charge is 0.0345 e. The van der Waals surface area contributed by atoms with E-state index in [-0.39, 0.29) is 0 Å². The van der Waals surface area contributed by atoms with Gasteiger partial charge < -0.3 is 5.32 Å². The minimum absolute atomic E-state index is 0.805. The first-order chi connectivity index (χ1) is 5.88. The van der Waals surface area contributed by atoms with E-state index in [1.54, 1.807) is 0 Å². The fourth-order valence-corrected chi connectivity index (χ4v) is 1.57. The van der Waals surface area contributed by atoms with E-state index in [1.165, 1.54) is 32.6 Å². The fraction of sp³-hybridized carbons (Fsp3) is 0.800. The highest BCUT2D eigenvalue weighted by Crippen LogP contribution is 2.06. The van der Waals surface area contributed by atoms with Crippen molar-refractivity contribution in [2.75, 3.05) is 26.2 Å². The summed E-state index contributed by atoms with van der Waals surface area (Å²) in [6, 6.07) is 0.805. The van der Waals surface area contributed by atoms with Crippen molar-refractivity contribution in [3.63, 3.8) is 0 Å². The molecule has 0 aromatic carbocycles. The molecule has 2 nitrogen and oxygen atoms in total. The molecule has 1 heterocycles. The summed E-state index contributed by atoms with van der Waals surface area (Å²) in [4.78, 5) is 2.56. The molecule has 1 N–H and O–H groups in total. The Bertz CT molecular complexity index is 130. The first kappa shape index (κ1) is 9.75. The molecule has 0 saturated carbocycles. The molecule has 0 atom stereocenters. The normalized spacial score (nSPS) is 17.8. The number of hydrogen-bond donors (Lipinski definition) is 1. The van der Waals surface area contributed by atoms with Crippen LogP contribution in [0.5, 0.6) is 0 Å². The maximum Gasteiger partial charge on any atom is 0.0345 e. The summed E-state index contributed by atoms with van der Waals surface area (Å²) >= 11 is 0. The lowest BCUT2D eigenvalue weighted by molar-refractivity contribution is 0.152. The molecular weight excluding hydrogens is 148 g/mol. The van der Waals surface area contributed by atoms with E-state index in [0.717, 1.165) is 12.5 Å². The van der Waals surface area contributed by atoms with Gasteiger partial charge >= 0.3 is 0 Å². The molecule has 0 aliphatic carbocycles. The molecule has 0 aromatic rings. The first-order valence-corrected chi connectivity index (χ1v) is 4.94. The minimum Gasteiger partial charge on any atom is -0.314 e. The molecule has 1 fully saturated rings. The number of rotatable bonds is 6. The van der Waals surface area contributed by atoms with Crippen molar-refractivity contribution >= 4 is 0 Å². The van der Waals surface area contributed by atoms with Gasteiger partial charge in [0.05, 0.1) is 0 Å². The Morgan fingerprint density at radius 1 is 1.58 bits per heavy atom. The molecule has 1 rings (SSSR count). The molecule has 2 heteroatoms. The van der Waals surface area contributed by atoms with E-state index in [2.05, 4.69) is 23.7 Å². The second-order valence-corrected chi connectivity index (χ2v) is 3.37. The quantitative estimate of drug-likeness (QED) is 0.474. The van der Waals surface area contributed by atoms with Gasteiger partial charge in [-0.25, -0.2) is 0 Å². The Kier molecular flexibility index (Phi) is 4.33. The number of nitrogens with zero attached hydrogens (tertiary/aromatic N) is 1. The van der Waals surface area contributed by atoms with Crippen molar-refractivity contribution in [1.82, 2.24) is 10.2 Å². The van der Waals surface area contributed by atoms with Gasteiger partial charge in [0.1, 0.15) is 0 Å². The van der Waals surface area contributed by atoms with Crippen molar-refractivity contribution in [3.05, 3.63) is 12.7 Å². The van der Waals surface area contributed by atoms with Crippen LogP contribution in [0.2, 0.25) is 0 Å². The van der Waals surface area contributed by atoms with Crippen LogP contribution >= 0.6 is 0 Å². The van der Waals surface area contributed by atoms with Crippen molar-refractivity contribution in [3.8, 4) is 0 Å². The summed E-state index contributed by atoms with van der Waals surface area (Å²) in [6.45, 7) is 10.8. The summed E-state index contributed by atoms with van der Waals surface area (Å²) in [5.74, 6) is 0. The van der Waals surface area contributed by atoms with E-state index < -0.39 is 0 Å². The van der Waals surface area contributed by atoms with E-state index >= 15 is 0 Å². The number of allylic oxidation sites excluding steroid dienone is 1. The molecule has 1 aliphatic heterocycles. The molecule has 0 bridgehead atoms. The van der Waals surface area contributed by atoms with Crippen LogP contribution in [0.15, 0.2) is 12.7 Å². The van der Waals surface area contributed by atoms with E-state index in [9.17, 15) is 0 Å². The first-order valence-electron chi connectivity index (χ1n) is 4.94. The standard InChI is InChI=1S/C10H20N2/c1-3-5-6-7-12(4-2)10-8-11-9-10/h3,10-11H,1,4-9H2,2H3. The molecule has 0 spiro atoms. The monoisotopic (exact) mass is 168 g/mol. The van der Waals surface area contributed by atoms with Gasteiger partial charge in [-0.15, -0.1) is 6.58 Å². The van der Waals surface area contributed by atoms with Gasteiger partial charge in [-0.3, -0.25) is 4.90 Å². The summed E-state index contributed by atoms with van der Waals surface area (Å²) in [7, 11) is 0. The Balaban J connectivity index is 2.11. The van der Waals surface area contributed by atoms with Crippen LogP contribution in [0.4, 0.5) is 0 Å². The van der Waals surface area contributed by atoms with Gasteiger partial charge in [-0.1, -0.05) is 13.0 Å². The van der Waals surface area contributed by atoms with Crippen LogP contribution in [0.3, 0.4) is 0 Å². The molecule has 12 heavy (non-hydrogen) atoms. The summed E-state index contributed by atoms with van der Waals surface area (Å²) in [6.07, 6.45) is 4.41. The Hall–Kier alpha value is -0.340. The predicted octanol–water partition coefficient (Wildman–Crippen LogP) is 1.25. The second-order valence-electron chi connectivity index (χ2n) is 3.37. The number of unbranched alkanes of at least 4 members (excludes halogenated alkanes) is 1. The van der Waals surface area contributed by atoms with Crippen molar-refractivity contribution in [2.24, 2.45) is 0 Å². The molecule has 1 saturated heterocycles. The Morgan fingerprint density at radius 2 is 2.33 bits per heavy atom. The van der Waals surface area contributed by atoms with Gasteiger partial charge in [0, 0.05) is 19.1 Å². The third-order valence-corrected chi connectivity index (χ3v) is 2.54. The van der Waals surface area contributed by atoms with Crippen molar-refractivity contribution in [2.45, 2.75) is 25.8 Å². The summed E-state index contributed by atoms with van der Waals surface area (Å²) in [5.41, 5.74) is 0. The van der Waals surface area contributed by atoms with Crippen LogP contribution < -0.4 is 5.32 Å². The van der Waals surface area contributed by atoms with E-state index in [4.69, 9.17) is 0 Å². The predicted molar refractivity (Wildman–Crippen MR) is 53.3 cm³/mol. The van der Waals surface area contributed by atoms with Gasteiger partial charge in [0.2, 0.25) is 0 Å². The Labute approximate surface area is 75.6 Å². The number of hydrogen-bond acceptors (Lipinski definition) is 2. The van der Waals surface area contributed by atoms with Crippen LogP contribution in [0.1, 0.15) is 19.8 Å². The van der Waals surface area contributed by atoms with Crippen molar-refractivity contribution in [1.29, 1.82) is 0 Å². The zero-order chi connectivity index (χ0) is 8.81. The number of nitrogens with one attached hydrogen (secondary N) is 1. The lowest BCUT2D eigenvalue weighted by Gasteiger charge is -2.37. The molecule has 0 unspecified atom stereocenters. The van der Waals surface area contributed by atoms with Gasteiger partial charge in [-0.05, 0) is 25.9 Å². The Morgan fingerprint density at radius 3 is 2.75 bits per heavy atom. The average molecular weight is 168 g/mol. The minimum atomic E-state index is 0.805. The molecule has 0 amide bonds. The van der Waals surface area contributed by atoms with Gasteiger partial charge in [-0.2, -0.15) is 0 Å². The van der Waals surface area contributed by atoms with Crippen LogP contribution in [0, 0.1) is 0 Å². The lowest BCUT2D eigenvalue weighted by atomic mass is 10.1. The maximum atomic E-state index is 3.73. The molecule has 1 aliphatic rings. The highest BCUT2D eigenvalue weighted by molar-refractivity contribution is 4.84. The zero-order valence-corrected chi connectivity index (χ0v) is 8.05. The van der Waals surface area contributed by atoms with Gasteiger partial charge in [0.25, 0.3) is 0 Å². The summed E-state index contributed by atoms with van der Waals surface area (Å²) < 4.78 is 0. The van der Waals surface area contributed by atoms with Crippen LogP contribution in [-0.4, -0.2) is 37.1 Å². The molecular formula is C10H20N2. The average Bonchev–Trinajstić information content (AvgIpc) is 1.99. The fourth-order valence-electron chi connectivity index (χ4n) is 1.57. The highest BCUT2D eigenvalue weighted by atomic mass is 15.2. The maximum absolute atomic E-state index is 3.73.